The maximum absolute atomic E-state index is 12.7. The number of likely N-dealkylation sites (tertiary alicyclic amines) is 1. The number of rotatable bonds is 2. The lowest BCUT2D eigenvalue weighted by molar-refractivity contribution is -0.127. The first kappa shape index (κ1) is 18.0. The number of carbonyl (C=O) groups is 1. The molecule has 2 unspecified atom stereocenters. The molecule has 128 valence electrons. The van der Waals surface area contributed by atoms with Crippen LogP contribution < -0.4 is 5.73 Å². The quantitative estimate of drug-likeness (QED) is 0.753. The van der Waals surface area contributed by atoms with Crippen molar-refractivity contribution in [2.45, 2.75) is 19.4 Å². The first-order chi connectivity index (χ1) is 10.4. The average molecular weight is 361 g/mol. The Bertz CT molecular complexity index is 686. The van der Waals surface area contributed by atoms with Crippen LogP contribution in [-0.4, -0.2) is 61.4 Å². The molecule has 0 saturated carbocycles. The van der Waals surface area contributed by atoms with Crippen LogP contribution >= 0.6 is 12.4 Å². The Labute approximate surface area is 142 Å². The van der Waals surface area contributed by atoms with Gasteiger partial charge in [0.05, 0.1) is 11.3 Å². The summed E-state index contributed by atoms with van der Waals surface area (Å²) >= 11 is 0. The second kappa shape index (κ2) is 6.62. The molecule has 0 aromatic carbocycles. The number of halogens is 1. The van der Waals surface area contributed by atoms with Crippen LogP contribution in [0.5, 0.6) is 0 Å². The number of sulfonamides is 1. The molecule has 1 saturated heterocycles. The van der Waals surface area contributed by atoms with Gasteiger partial charge in [0.1, 0.15) is 5.84 Å². The molecule has 0 aromatic rings. The molecule has 9 heteroatoms. The summed E-state index contributed by atoms with van der Waals surface area (Å²) in [6, 6.07) is 0.173. The number of hydrogen-bond donors (Lipinski definition) is 1. The normalized spacial score (nSPS) is 28.6. The van der Waals surface area contributed by atoms with E-state index in [4.69, 9.17) is 5.73 Å². The third kappa shape index (κ3) is 3.59. The lowest BCUT2D eigenvalue weighted by Crippen LogP contribution is -2.40. The Balaban J connectivity index is 0.00000192. The van der Waals surface area contributed by atoms with Gasteiger partial charge in [-0.05, 0) is 38.0 Å². The molecule has 2 N–H and O–H groups in total. The number of carbonyl (C=O) groups excluding carboxylic acids is 1. The van der Waals surface area contributed by atoms with Crippen LogP contribution in [0, 0.1) is 5.92 Å². The highest BCUT2D eigenvalue weighted by Crippen LogP contribution is 2.25. The van der Waals surface area contributed by atoms with Gasteiger partial charge in [0.25, 0.3) is 15.9 Å². The van der Waals surface area contributed by atoms with Gasteiger partial charge in [0, 0.05) is 25.3 Å². The van der Waals surface area contributed by atoms with Gasteiger partial charge in [-0.2, -0.15) is 0 Å². The summed E-state index contributed by atoms with van der Waals surface area (Å²) in [4.78, 5) is 16.2. The molecule has 0 aliphatic carbocycles. The molecule has 3 rings (SSSR count). The summed E-state index contributed by atoms with van der Waals surface area (Å²) in [6.07, 6.45) is 5.85. The van der Waals surface area contributed by atoms with Crippen LogP contribution in [-0.2, 0) is 14.8 Å². The molecule has 3 aliphatic heterocycles. The number of amidine groups is 1. The number of fused-ring (bicyclic) bond motifs is 1. The second-order valence-electron chi connectivity index (χ2n) is 5.99. The molecule has 2 atom stereocenters. The zero-order chi connectivity index (χ0) is 15.9. The molecular weight excluding hydrogens is 340 g/mol. The fraction of sp³-hybridized carbons (Fsp3) is 0.571. The standard InChI is InChI=1S/C14H20N4O3S.ClH/c1-10-6-11(7-15)8-18(10)14(19)12-2-3-13-16-22(20,21)5-4-17(13)9-12;/h2-3,9-11H,4-8,15H2,1H3;1H. The summed E-state index contributed by atoms with van der Waals surface area (Å²) in [6.45, 7) is 3.62. The largest absolute Gasteiger partial charge is 0.336 e. The van der Waals surface area contributed by atoms with Crippen LogP contribution in [0.25, 0.3) is 0 Å². The van der Waals surface area contributed by atoms with Crippen molar-refractivity contribution in [1.29, 1.82) is 0 Å². The van der Waals surface area contributed by atoms with E-state index < -0.39 is 10.0 Å². The van der Waals surface area contributed by atoms with Gasteiger partial charge in [-0.1, -0.05) is 0 Å². The van der Waals surface area contributed by atoms with Gasteiger partial charge in [0.2, 0.25) is 0 Å². The summed E-state index contributed by atoms with van der Waals surface area (Å²) in [5, 5.41) is 0. The van der Waals surface area contributed by atoms with Gasteiger partial charge in [-0.3, -0.25) is 4.79 Å². The van der Waals surface area contributed by atoms with E-state index in [0.29, 0.717) is 37.0 Å². The Morgan fingerprint density at radius 1 is 1.43 bits per heavy atom. The van der Waals surface area contributed by atoms with E-state index in [2.05, 4.69) is 4.40 Å². The Morgan fingerprint density at radius 2 is 2.17 bits per heavy atom. The van der Waals surface area contributed by atoms with Gasteiger partial charge in [0.15, 0.2) is 0 Å². The van der Waals surface area contributed by atoms with Gasteiger partial charge in [-0.15, -0.1) is 16.8 Å². The topological polar surface area (TPSA) is 96.1 Å². The summed E-state index contributed by atoms with van der Waals surface area (Å²) in [5.41, 5.74) is 6.26. The minimum Gasteiger partial charge on any atom is -0.336 e. The maximum Gasteiger partial charge on any atom is 0.256 e. The Morgan fingerprint density at radius 3 is 2.83 bits per heavy atom. The maximum atomic E-state index is 12.7. The number of nitrogens with two attached hydrogens (primary N) is 1. The molecule has 0 radical (unpaired) electrons. The van der Waals surface area contributed by atoms with Gasteiger partial charge >= 0.3 is 0 Å². The van der Waals surface area contributed by atoms with Crippen molar-refractivity contribution in [2.75, 3.05) is 25.4 Å². The number of amides is 1. The zero-order valence-corrected chi connectivity index (χ0v) is 14.5. The molecule has 0 aromatic heterocycles. The third-order valence-electron chi connectivity index (χ3n) is 4.33. The highest BCUT2D eigenvalue weighted by molar-refractivity contribution is 7.90. The Kier molecular flexibility index (Phi) is 5.17. The van der Waals surface area contributed by atoms with Crippen LogP contribution in [0.2, 0.25) is 0 Å². The molecule has 23 heavy (non-hydrogen) atoms. The second-order valence-corrected chi connectivity index (χ2v) is 7.75. The van der Waals surface area contributed by atoms with E-state index in [0.717, 1.165) is 6.42 Å². The fourth-order valence-corrected chi connectivity index (χ4v) is 4.06. The van der Waals surface area contributed by atoms with Crippen LogP contribution in [0.15, 0.2) is 28.3 Å². The van der Waals surface area contributed by atoms with Gasteiger partial charge < -0.3 is 15.5 Å². The van der Waals surface area contributed by atoms with Gasteiger partial charge in [-0.25, -0.2) is 8.42 Å². The molecule has 1 fully saturated rings. The Hall–Kier alpha value is -1.38. The monoisotopic (exact) mass is 360 g/mol. The summed E-state index contributed by atoms with van der Waals surface area (Å²) < 4.78 is 26.7. The van der Waals surface area contributed by atoms with E-state index >= 15 is 0 Å². The minimum atomic E-state index is -3.37. The van der Waals surface area contributed by atoms with E-state index in [1.807, 2.05) is 11.8 Å². The average Bonchev–Trinajstić information content (AvgIpc) is 2.86. The predicted molar refractivity (Wildman–Crippen MR) is 90.7 cm³/mol. The van der Waals surface area contributed by atoms with Crippen molar-refractivity contribution in [3.63, 3.8) is 0 Å². The van der Waals surface area contributed by atoms with E-state index in [1.165, 1.54) is 0 Å². The van der Waals surface area contributed by atoms with E-state index in [-0.39, 0.29) is 30.1 Å². The molecular formula is C14H21ClN4O3S. The SMILES string of the molecule is CC1CC(CN)CN1C(=O)C1=CN2CCS(=O)(=O)N=C2C=C1.Cl. The summed E-state index contributed by atoms with van der Waals surface area (Å²) in [5.74, 6) is 0.658. The molecule has 3 heterocycles. The highest BCUT2D eigenvalue weighted by Gasteiger charge is 2.34. The molecule has 0 spiro atoms. The molecule has 0 bridgehead atoms. The highest BCUT2D eigenvalue weighted by atomic mass is 35.5. The molecule has 7 nitrogen and oxygen atoms in total. The van der Waals surface area contributed by atoms with Crippen molar-refractivity contribution >= 4 is 34.2 Å². The van der Waals surface area contributed by atoms with E-state index in [9.17, 15) is 13.2 Å². The minimum absolute atomic E-state index is 0. The van der Waals surface area contributed by atoms with Crippen molar-refractivity contribution in [1.82, 2.24) is 9.80 Å². The van der Waals surface area contributed by atoms with Crippen molar-refractivity contribution < 1.29 is 13.2 Å². The van der Waals surface area contributed by atoms with Crippen LogP contribution in [0.3, 0.4) is 0 Å². The number of nitrogens with zero attached hydrogens (tertiary/aromatic N) is 3. The van der Waals surface area contributed by atoms with Crippen molar-refractivity contribution in [3.8, 4) is 0 Å². The first-order valence-electron chi connectivity index (χ1n) is 7.40. The lowest BCUT2D eigenvalue weighted by atomic mass is 10.1. The van der Waals surface area contributed by atoms with Crippen molar-refractivity contribution in [3.05, 3.63) is 23.9 Å². The number of hydrogen-bond acceptors (Lipinski definition) is 5. The van der Waals surface area contributed by atoms with Crippen LogP contribution in [0.1, 0.15) is 13.3 Å². The van der Waals surface area contributed by atoms with E-state index in [1.54, 1.807) is 23.3 Å². The first-order valence-corrected chi connectivity index (χ1v) is 9.01. The smallest absolute Gasteiger partial charge is 0.256 e. The van der Waals surface area contributed by atoms with Crippen LogP contribution in [0.4, 0.5) is 0 Å². The third-order valence-corrected chi connectivity index (χ3v) is 5.49. The molecule has 3 aliphatic rings. The lowest BCUT2D eigenvalue weighted by Gasteiger charge is -2.29. The predicted octanol–water partition coefficient (Wildman–Crippen LogP) is 0.102. The zero-order valence-electron chi connectivity index (χ0n) is 12.9. The summed E-state index contributed by atoms with van der Waals surface area (Å²) in [7, 11) is -3.37. The fourth-order valence-electron chi connectivity index (χ4n) is 3.09. The van der Waals surface area contributed by atoms with Crippen molar-refractivity contribution in [2.24, 2.45) is 16.0 Å². The molecule has 1 amide bonds.